The van der Waals surface area contributed by atoms with Gasteiger partial charge >= 0.3 is 0 Å². The lowest BCUT2D eigenvalue weighted by molar-refractivity contribution is -0.139. The van der Waals surface area contributed by atoms with Crippen LogP contribution in [-0.4, -0.2) is 43.8 Å². The Hall–Kier alpha value is -3.36. The third-order valence-electron chi connectivity index (χ3n) is 6.77. The van der Waals surface area contributed by atoms with Gasteiger partial charge in [0.15, 0.2) is 0 Å². The molecule has 0 saturated heterocycles. The Bertz CT molecular complexity index is 1390. The van der Waals surface area contributed by atoms with Crippen LogP contribution in [0, 0.1) is 13.8 Å². The van der Waals surface area contributed by atoms with E-state index in [4.69, 9.17) is 11.6 Å². The number of benzene rings is 3. The highest BCUT2D eigenvalue weighted by atomic mass is 35.5. The van der Waals surface area contributed by atoms with E-state index in [9.17, 15) is 18.0 Å². The van der Waals surface area contributed by atoms with E-state index in [-0.39, 0.29) is 23.4 Å². The van der Waals surface area contributed by atoms with Crippen LogP contribution in [0.4, 0.5) is 5.69 Å². The Morgan fingerprint density at radius 3 is 2.13 bits per heavy atom. The van der Waals surface area contributed by atoms with Crippen LogP contribution in [0.2, 0.25) is 5.02 Å². The molecular weight excluding hydrogens is 534 g/mol. The molecule has 7 nitrogen and oxygen atoms in total. The first-order chi connectivity index (χ1) is 18.4. The van der Waals surface area contributed by atoms with Crippen molar-refractivity contribution >= 4 is 39.1 Å². The molecule has 2 atom stereocenters. The molecule has 9 heteroatoms. The van der Waals surface area contributed by atoms with Crippen molar-refractivity contribution in [3.8, 4) is 0 Å². The molecule has 1 N–H and O–H groups in total. The molecule has 3 rings (SSSR count). The largest absolute Gasteiger partial charge is 0.352 e. The molecule has 0 aliphatic heterocycles. The summed E-state index contributed by atoms with van der Waals surface area (Å²) in [7, 11) is -4.14. The van der Waals surface area contributed by atoms with E-state index >= 15 is 0 Å². The van der Waals surface area contributed by atoms with Crippen molar-refractivity contribution in [3.63, 3.8) is 0 Å². The van der Waals surface area contributed by atoms with Crippen LogP contribution in [0.25, 0.3) is 0 Å². The molecule has 0 aliphatic rings. The fourth-order valence-corrected chi connectivity index (χ4v) is 5.53. The number of nitrogens with one attached hydrogen (secondary N) is 1. The molecule has 3 aromatic carbocycles. The highest BCUT2D eigenvalue weighted by Gasteiger charge is 2.33. The summed E-state index contributed by atoms with van der Waals surface area (Å²) in [5.41, 5.74) is 3.13. The molecule has 208 valence electrons. The number of amides is 2. The number of hydrogen-bond donors (Lipinski definition) is 1. The normalized spacial score (nSPS) is 12.9. The van der Waals surface area contributed by atoms with E-state index < -0.39 is 28.5 Å². The Morgan fingerprint density at radius 2 is 1.54 bits per heavy atom. The van der Waals surface area contributed by atoms with Gasteiger partial charge in [0, 0.05) is 17.6 Å². The maximum Gasteiger partial charge on any atom is 0.264 e. The highest BCUT2D eigenvalue weighted by Crippen LogP contribution is 2.26. The Morgan fingerprint density at radius 1 is 0.923 bits per heavy atom. The van der Waals surface area contributed by atoms with Gasteiger partial charge in [-0.1, -0.05) is 60.5 Å². The summed E-state index contributed by atoms with van der Waals surface area (Å²) in [4.78, 5) is 28.5. The molecule has 39 heavy (non-hydrogen) atoms. The average Bonchev–Trinajstić information content (AvgIpc) is 2.91. The van der Waals surface area contributed by atoms with Gasteiger partial charge in [0.25, 0.3) is 10.0 Å². The van der Waals surface area contributed by atoms with Crippen LogP contribution in [0.3, 0.4) is 0 Å². The number of anilines is 1. The van der Waals surface area contributed by atoms with Crippen molar-refractivity contribution in [2.45, 2.75) is 64.6 Å². The van der Waals surface area contributed by atoms with Crippen molar-refractivity contribution in [2.75, 3.05) is 10.8 Å². The van der Waals surface area contributed by atoms with Gasteiger partial charge < -0.3 is 10.2 Å². The highest BCUT2D eigenvalue weighted by molar-refractivity contribution is 7.92. The number of sulfonamides is 1. The van der Waals surface area contributed by atoms with E-state index in [0.29, 0.717) is 10.7 Å². The summed E-state index contributed by atoms with van der Waals surface area (Å²) in [6.45, 7) is 9.03. The average molecular weight is 570 g/mol. The monoisotopic (exact) mass is 569 g/mol. The lowest BCUT2D eigenvalue weighted by Gasteiger charge is -2.32. The molecule has 0 aliphatic carbocycles. The van der Waals surface area contributed by atoms with Crippen LogP contribution < -0.4 is 9.62 Å². The summed E-state index contributed by atoms with van der Waals surface area (Å²) in [6, 6.07) is 19.5. The minimum Gasteiger partial charge on any atom is -0.352 e. The Balaban J connectivity index is 2.03. The van der Waals surface area contributed by atoms with Crippen LogP contribution in [0.1, 0.15) is 43.9 Å². The molecule has 3 aromatic rings. The number of nitrogens with zero attached hydrogens (tertiary/aromatic N) is 2. The summed E-state index contributed by atoms with van der Waals surface area (Å²) in [6.07, 6.45) is 0.741. The van der Waals surface area contributed by atoms with Crippen LogP contribution in [-0.2, 0) is 26.2 Å². The van der Waals surface area contributed by atoms with E-state index in [1.165, 1.54) is 29.2 Å². The van der Waals surface area contributed by atoms with Crippen molar-refractivity contribution in [3.05, 3.63) is 94.5 Å². The van der Waals surface area contributed by atoms with Crippen molar-refractivity contribution in [1.82, 2.24) is 10.2 Å². The fraction of sp³-hybridized carbons (Fsp3) is 0.333. The lowest BCUT2D eigenvalue weighted by atomic mass is 10.1. The molecule has 0 bridgehead atoms. The van der Waals surface area contributed by atoms with Crippen molar-refractivity contribution < 1.29 is 18.0 Å². The van der Waals surface area contributed by atoms with Gasteiger partial charge in [-0.15, -0.1) is 0 Å². The first kappa shape index (κ1) is 30.2. The predicted molar refractivity (Wildman–Crippen MR) is 156 cm³/mol. The zero-order valence-electron chi connectivity index (χ0n) is 23.0. The van der Waals surface area contributed by atoms with E-state index in [1.54, 1.807) is 31.2 Å². The molecule has 0 aromatic heterocycles. The summed E-state index contributed by atoms with van der Waals surface area (Å²) in [5, 5.41) is 3.34. The minimum atomic E-state index is -4.14. The second kappa shape index (κ2) is 13.1. The van der Waals surface area contributed by atoms with Crippen molar-refractivity contribution in [2.24, 2.45) is 0 Å². The topological polar surface area (TPSA) is 86.8 Å². The van der Waals surface area contributed by atoms with E-state index in [0.717, 1.165) is 27.4 Å². The summed E-state index contributed by atoms with van der Waals surface area (Å²) >= 11 is 6.00. The second-order valence-electron chi connectivity index (χ2n) is 9.74. The zero-order valence-corrected chi connectivity index (χ0v) is 24.6. The molecule has 0 unspecified atom stereocenters. The van der Waals surface area contributed by atoms with Crippen LogP contribution >= 0.6 is 11.6 Å². The Labute approximate surface area is 236 Å². The SMILES string of the molecule is CC[C@H](C)NC(=O)[C@@H](C)N(Cc1ccccc1C)C(=O)CN(c1ccc(C)cc1)S(=O)(=O)c1ccc(Cl)cc1. The number of halogens is 1. The lowest BCUT2D eigenvalue weighted by Crippen LogP contribution is -2.52. The first-order valence-corrected chi connectivity index (χ1v) is 14.7. The van der Waals surface area contributed by atoms with Gasteiger partial charge in [0.05, 0.1) is 10.6 Å². The molecular formula is C30H36ClN3O4S. The third kappa shape index (κ3) is 7.61. The quantitative estimate of drug-likeness (QED) is 0.331. The second-order valence-corrected chi connectivity index (χ2v) is 12.0. The molecule has 0 radical (unpaired) electrons. The van der Waals surface area contributed by atoms with Gasteiger partial charge in [0.2, 0.25) is 11.8 Å². The van der Waals surface area contributed by atoms with E-state index in [2.05, 4.69) is 5.32 Å². The number of carbonyl (C=O) groups is 2. The van der Waals surface area contributed by atoms with E-state index in [1.807, 2.05) is 52.0 Å². The zero-order chi connectivity index (χ0) is 28.7. The number of hydrogen-bond acceptors (Lipinski definition) is 4. The molecule has 2 amide bonds. The molecule has 0 spiro atoms. The maximum atomic E-state index is 14.0. The summed E-state index contributed by atoms with van der Waals surface area (Å²) in [5.74, 6) is -0.795. The first-order valence-electron chi connectivity index (χ1n) is 12.9. The number of aryl methyl sites for hydroxylation is 2. The fourth-order valence-electron chi connectivity index (χ4n) is 3.99. The third-order valence-corrected chi connectivity index (χ3v) is 8.81. The van der Waals surface area contributed by atoms with Gasteiger partial charge in [-0.25, -0.2) is 8.42 Å². The van der Waals surface area contributed by atoms with Gasteiger partial charge in [-0.05, 0) is 81.6 Å². The Kier molecular flexibility index (Phi) is 10.2. The van der Waals surface area contributed by atoms with Crippen LogP contribution in [0.15, 0.2) is 77.7 Å². The predicted octanol–water partition coefficient (Wildman–Crippen LogP) is 5.48. The smallest absolute Gasteiger partial charge is 0.264 e. The van der Waals surface area contributed by atoms with Crippen molar-refractivity contribution in [1.29, 1.82) is 0 Å². The van der Waals surface area contributed by atoms with Gasteiger partial charge in [-0.2, -0.15) is 0 Å². The summed E-state index contributed by atoms with van der Waals surface area (Å²) < 4.78 is 28.7. The molecule has 0 saturated carbocycles. The van der Waals surface area contributed by atoms with Gasteiger partial charge in [-0.3, -0.25) is 13.9 Å². The van der Waals surface area contributed by atoms with Crippen LogP contribution in [0.5, 0.6) is 0 Å². The number of carbonyl (C=O) groups excluding carboxylic acids is 2. The number of rotatable bonds is 11. The van der Waals surface area contributed by atoms with Gasteiger partial charge in [0.1, 0.15) is 12.6 Å². The molecule has 0 fully saturated rings. The minimum absolute atomic E-state index is 0.00768. The standard InChI is InChI=1S/C30H36ClN3O4S/c1-6-23(4)32-30(36)24(5)33(19-25-10-8-7-9-22(25)3)29(35)20-34(27-15-11-21(2)12-16-27)39(37,38)28-17-13-26(31)14-18-28/h7-18,23-24H,6,19-20H2,1-5H3,(H,32,36)/t23-,24+/m0/s1. The molecule has 0 heterocycles. The maximum absolute atomic E-state index is 14.0.